The van der Waals surface area contributed by atoms with Crippen molar-refractivity contribution in [3.05, 3.63) is 112 Å². The van der Waals surface area contributed by atoms with E-state index < -0.39 is 35.2 Å². The number of imide groups is 2. The van der Waals surface area contributed by atoms with Crippen LogP contribution in [0.5, 0.6) is 0 Å². The Bertz CT molecular complexity index is 1590. The number of carbonyl (C=O) groups is 3. The van der Waals surface area contributed by atoms with Gasteiger partial charge in [-0.05, 0) is 57.8 Å². The molecule has 0 radical (unpaired) electrons. The first-order valence-electron chi connectivity index (χ1n) is 12.1. The number of amides is 4. The number of hydrogen-bond acceptors (Lipinski definition) is 4. The van der Waals surface area contributed by atoms with E-state index in [0.29, 0.717) is 15.6 Å². The standard InChI is InChI=1S/C30H23Cl2N3O3/c1-34-27(36)30(28(37)35(2)29(34)38)25(18-7-12-20(31)13-8-18)24-22-6-4-3-5-17(22)11-16-23(24)33-26(30)19-9-14-21(32)15-10-19/h3-16,25-26,33H,1-2H3/t25-,26+/m1/s1. The molecule has 0 aliphatic carbocycles. The lowest BCUT2D eigenvalue weighted by Crippen LogP contribution is -2.68. The molecule has 0 unspecified atom stereocenters. The van der Waals surface area contributed by atoms with E-state index in [9.17, 15) is 14.4 Å². The Morgan fingerprint density at radius 3 is 1.87 bits per heavy atom. The number of barbiturate groups is 1. The number of benzene rings is 4. The Balaban J connectivity index is 1.76. The van der Waals surface area contributed by atoms with Gasteiger partial charge in [0.15, 0.2) is 5.41 Å². The number of halogens is 2. The van der Waals surface area contributed by atoms with Crippen LogP contribution in [0, 0.1) is 5.41 Å². The molecule has 8 heteroatoms. The molecule has 1 spiro atoms. The van der Waals surface area contributed by atoms with E-state index in [2.05, 4.69) is 5.32 Å². The Hall–Kier alpha value is -3.87. The summed E-state index contributed by atoms with van der Waals surface area (Å²) in [6.45, 7) is 0. The van der Waals surface area contributed by atoms with Crippen molar-refractivity contribution < 1.29 is 14.4 Å². The predicted octanol–water partition coefficient (Wildman–Crippen LogP) is 6.48. The van der Waals surface area contributed by atoms with Crippen molar-refractivity contribution >= 4 is 57.5 Å². The fourth-order valence-corrected chi connectivity index (χ4v) is 6.27. The quantitative estimate of drug-likeness (QED) is 0.293. The van der Waals surface area contributed by atoms with Crippen LogP contribution in [0.2, 0.25) is 10.0 Å². The lowest BCUT2D eigenvalue weighted by Gasteiger charge is -2.53. The van der Waals surface area contributed by atoms with Gasteiger partial charge in [-0.3, -0.25) is 19.4 Å². The molecular formula is C30H23Cl2N3O3. The van der Waals surface area contributed by atoms with Crippen LogP contribution in [0.25, 0.3) is 10.8 Å². The Morgan fingerprint density at radius 2 is 1.26 bits per heavy atom. The van der Waals surface area contributed by atoms with Gasteiger partial charge < -0.3 is 5.32 Å². The van der Waals surface area contributed by atoms with Crippen molar-refractivity contribution in [1.82, 2.24) is 9.80 Å². The molecule has 2 aliphatic rings. The summed E-state index contributed by atoms with van der Waals surface area (Å²) in [6, 6.07) is 24.7. The predicted molar refractivity (Wildman–Crippen MR) is 148 cm³/mol. The third-order valence-electron chi connectivity index (χ3n) is 7.77. The van der Waals surface area contributed by atoms with Gasteiger partial charge in [-0.1, -0.05) is 77.8 Å². The summed E-state index contributed by atoms with van der Waals surface area (Å²) in [7, 11) is 2.84. The molecule has 0 bridgehead atoms. The van der Waals surface area contributed by atoms with Crippen molar-refractivity contribution in [2.24, 2.45) is 5.41 Å². The number of rotatable bonds is 2. The maximum atomic E-state index is 14.5. The van der Waals surface area contributed by atoms with Gasteiger partial charge in [-0.15, -0.1) is 0 Å². The Morgan fingerprint density at radius 1 is 0.711 bits per heavy atom. The van der Waals surface area contributed by atoms with Crippen LogP contribution in [0.4, 0.5) is 10.5 Å². The average molecular weight is 544 g/mol. The number of urea groups is 1. The fourth-order valence-electron chi connectivity index (χ4n) is 6.02. The number of nitrogens with one attached hydrogen (secondary N) is 1. The largest absolute Gasteiger partial charge is 0.376 e. The Kier molecular flexibility index (Phi) is 5.70. The maximum absolute atomic E-state index is 14.5. The molecule has 2 atom stereocenters. The number of fused-ring (bicyclic) bond motifs is 3. The lowest BCUT2D eigenvalue weighted by atomic mass is 9.58. The molecule has 0 aromatic heterocycles. The molecule has 4 amide bonds. The molecule has 190 valence electrons. The summed E-state index contributed by atoms with van der Waals surface area (Å²) in [6.07, 6.45) is 0. The Labute approximate surface area is 229 Å². The van der Waals surface area contributed by atoms with Crippen molar-refractivity contribution in [3.63, 3.8) is 0 Å². The van der Waals surface area contributed by atoms with Crippen LogP contribution in [0.3, 0.4) is 0 Å². The van der Waals surface area contributed by atoms with Crippen molar-refractivity contribution in [2.75, 3.05) is 19.4 Å². The SMILES string of the molecule is CN1C(=O)N(C)C(=O)C2(C1=O)[C@H](c1ccc(Cl)cc1)c1c(ccc3ccccc13)N[C@H]2c1ccc(Cl)cc1. The van der Waals surface area contributed by atoms with Gasteiger partial charge in [0.25, 0.3) is 0 Å². The van der Waals surface area contributed by atoms with Crippen molar-refractivity contribution in [2.45, 2.75) is 12.0 Å². The zero-order chi connectivity index (χ0) is 26.8. The molecule has 0 saturated carbocycles. The van der Waals surface area contributed by atoms with Gasteiger partial charge in [0.05, 0.1) is 6.04 Å². The fraction of sp³-hybridized carbons (Fsp3) is 0.167. The van der Waals surface area contributed by atoms with Gasteiger partial charge in [0.1, 0.15) is 0 Å². The first kappa shape index (κ1) is 24.5. The molecule has 6 nitrogen and oxygen atoms in total. The highest BCUT2D eigenvalue weighted by atomic mass is 35.5. The zero-order valence-electron chi connectivity index (χ0n) is 20.6. The topological polar surface area (TPSA) is 69.7 Å². The number of nitrogens with zero attached hydrogens (tertiary/aromatic N) is 2. The number of anilines is 1. The summed E-state index contributed by atoms with van der Waals surface area (Å²) >= 11 is 12.5. The zero-order valence-corrected chi connectivity index (χ0v) is 22.1. The van der Waals surface area contributed by atoms with E-state index in [1.165, 1.54) is 14.1 Å². The molecule has 4 aromatic carbocycles. The van der Waals surface area contributed by atoms with Gasteiger partial charge in [-0.25, -0.2) is 4.79 Å². The monoisotopic (exact) mass is 543 g/mol. The number of carbonyl (C=O) groups excluding carboxylic acids is 3. The van der Waals surface area contributed by atoms with E-state index in [4.69, 9.17) is 23.2 Å². The normalized spacial score (nSPS) is 20.6. The molecular weight excluding hydrogens is 521 g/mol. The lowest BCUT2D eigenvalue weighted by molar-refractivity contribution is -0.160. The maximum Gasteiger partial charge on any atom is 0.332 e. The first-order chi connectivity index (χ1) is 18.2. The molecule has 2 aliphatic heterocycles. The van der Waals surface area contributed by atoms with E-state index in [0.717, 1.165) is 37.4 Å². The van der Waals surface area contributed by atoms with Crippen LogP contribution >= 0.6 is 23.2 Å². The highest BCUT2D eigenvalue weighted by Crippen LogP contribution is 2.59. The van der Waals surface area contributed by atoms with E-state index in [1.54, 1.807) is 24.3 Å². The molecule has 2 heterocycles. The molecule has 6 rings (SSSR count). The van der Waals surface area contributed by atoms with Gasteiger partial charge in [0, 0.05) is 35.7 Å². The van der Waals surface area contributed by atoms with Crippen molar-refractivity contribution in [3.8, 4) is 0 Å². The van der Waals surface area contributed by atoms with E-state index in [-0.39, 0.29) is 0 Å². The van der Waals surface area contributed by atoms with Crippen LogP contribution in [0.1, 0.15) is 28.7 Å². The van der Waals surface area contributed by atoms with Crippen LogP contribution < -0.4 is 5.32 Å². The molecule has 1 N–H and O–H groups in total. The van der Waals surface area contributed by atoms with Gasteiger partial charge >= 0.3 is 6.03 Å². The van der Waals surface area contributed by atoms with E-state index >= 15 is 0 Å². The minimum Gasteiger partial charge on any atom is -0.376 e. The van der Waals surface area contributed by atoms with Crippen LogP contribution in [0.15, 0.2) is 84.9 Å². The molecule has 4 aromatic rings. The van der Waals surface area contributed by atoms with Gasteiger partial charge in [-0.2, -0.15) is 0 Å². The minimum absolute atomic E-state index is 0.532. The molecule has 38 heavy (non-hydrogen) atoms. The smallest absolute Gasteiger partial charge is 0.332 e. The molecule has 1 saturated heterocycles. The third-order valence-corrected chi connectivity index (χ3v) is 8.27. The first-order valence-corrected chi connectivity index (χ1v) is 12.9. The highest BCUT2D eigenvalue weighted by molar-refractivity contribution is 6.31. The third kappa shape index (κ3) is 3.37. The van der Waals surface area contributed by atoms with Gasteiger partial charge in [0.2, 0.25) is 11.8 Å². The molecule has 1 fully saturated rings. The average Bonchev–Trinajstić information content (AvgIpc) is 2.94. The summed E-state index contributed by atoms with van der Waals surface area (Å²) in [5, 5.41) is 6.49. The van der Waals surface area contributed by atoms with E-state index in [1.807, 2.05) is 60.7 Å². The second kappa shape index (κ2) is 8.86. The van der Waals surface area contributed by atoms with Crippen molar-refractivity contribution in [1.29, 1.82) is 0 Å². The minimum atomic E-state index is -1.73. The summed E-state index contributed by atoms with van der Waals surface area (Å²) < 4.78 is 0. The summed E-state index contributed by atoms with van der Waals surface area (Å²) in [4.78, 5) is 44.0. The second-order valence-corrected chi connectivity index (χ2v) is 10.6. The second-order valence-electron chi connectivity index (χ2n) is 9.74. The number of hydrogen-bond donors (Lipinski definition) is 1. The summed E-state index contributed by atoms with van der Waals surface area (Å²) in [5.41, 5.74) is 1.33. The summed E-state index contributed by atoms with van der Waals surface area (Å²) in [5.74, 6) is -1.88. The van der Waals surface area contributed by atoms with Crippen LogP contribution in [-0.2, 0) is 9.59 Å². The highest BCUT2D eigenvalue weighted by Gasteiger charge is 2.67. The van der Waals surface area contributed by atoms with Crippen LogP contribution in [-0.4, -0.2) is 41.7 Å².